The van der Waals surface area contributed by atoms with Crippen molar-refractivity contribution in [3.05, 3.63) is 29.0 Å². The molecular formula is C15H22N2O. The SMILES string of the molecule is COc1ccc(C)c2c(C)c(C(C)(C)N)n(C)c12. The Bertz CT molecular complexity index is 603. The maximum absolute atomic E-state index is 6.30. The lowest BCUT2D eigenvalue weighted by Gasteiger charge is -2.21. The summed E-state index contributed by atoms with van der Waals surface area (Å²) in [6.45, 7) is 8.34. The predicted octanol–water partition coefficient (Wildman–Crippen LogP) is 3.00. The number of hydrogen-bond donors (Lipinski definition) is 1. The van der Waals surface area contributed by atoms with Crippen LogP contribution in [0.1, 0.15) is 30.7 Å². The van der Waals surface area contributed by atoms with Gasteiger partial charge in [0.15, 0.2) is 0 Å². The number of aryl methyl sites for hydroxylation is 3. The molecule has 0 saturated heterocycles. The van der Waals surface area contributed by atoms with E-state index in [0.29, 0.717) is 0 Å². The molecule has 1 heterocycles. The van der Waals surface area contributed by atoms with Crippen molar-refractivity contribution in [1.29, 1.82) is 0 Å². The van der Waals surface area contributed by atoms with Crippen LogP contribution in [0.5, 0.6) is 5.75 Å². The maximum atomic E-state index is 6.30. The van der Waals surface area contributed by atoms with E-state index in [4.69, 9.17) is 10.5 Å². The molecule has 0 atom stereocenters. The van der Waals surface area contributed by atoms with Gasteiger partial charge < -0.3 is 15.0 Å². The van der Waals surface area contributed by atoms with Gasteiger partial charge in [0, 0.05) is 18.1 Å². The minimum atomic E-state index is -0.366. The fourth-order valence-electron chi connectivity index (χ4n) is 3.04. The van der Waals surface area contributed by atoms with Crippen molar-refractivity contribution >= 4 is 10.9 Å². The predicted molar refractivity (Wildman–Crippen MR) is 76.2 cm³/mol. The summed E-state index contributed by atoms with van der Waals surface area (Å²) in [7, 11) is 3.76. The van der Waals surface area contributed by atoms with Gasteiger partial charge in [0.25, 0.3) is 0 Å². The van der Waals surface area contributed by atoms with Gasteiger partial charge in [0.1, 0.15) is 5.75 Å². The molecule has 2 N–H and O–H groups in total. The molecule has 3 heteroatoms. The van der Waals surface area contributed by atoms with Crippen LogP contribution in [0.25, 0.3) is 10.9 Å². The molecule has 0 aliphatic rings. The van der Waals surface area contributed by atoms with E-state index in [-0.39, 0.29) is 5.54 Å². The zero-order chi connectivity index (χ0) is 13.7. The van der Waals surface area contributed by atoms with Crippen LogP contribution in [0.3, 0.4) is 0 Å². The lowest BCUT2D eigenvalue weighted by molar-refractivity contribution is 0.417. The third-order valence-electron chi connectivity index (χ3n) is 3.58. The van der Waals surface area contributed by atoms with Gasteiger partial charge in [-0.3, -0.25) is 0 Å². The number of aromatic nitrogens is 1. The van der Waals surface area contributed by atoms with Crippen molar-refractivity contribution in [2.24, 2.45) is 12.8 Å². The maximum Gasteiger partial charge on any atom is 0.143 e. The molecule has 3 nitrogen and oxygen atoms in total. The molecule has 1 aromatic heterocycles. The van der Waals surface area contributed by atoms with E-state index in [2.05, 4.69) is 31.5 Å². The Morgan fingerprint density at radius 2 is 1.83 bits per heavy atom. The van der Waals surface area contributed by atoms with Crippen LogP contribution >= 0.6 is 0 Å². The fourth-order valence-corrected chi connectivity index (χ4v) is 3.04. The van der Waals surface area contributed by atoms with E-state index < -0.39 is 0 Å². The number of rotatable bonds is 2. The fraction of sp³-hybridized carbons (Fsp3) is 0.467. The molecule has 0 amide bonds. The first kappa shape index (κ1) is 13.0. The van der Waals surface area contributed by atoms with E-state index in [1.807, 2.05) is 19.9 Å². The molecule has 0 spiro atoms. The molecule has 0 saturated carbocycles. The summed E-state index contributed by atoms with van der Waals surface area (Å²) in [6.07, 6.45) is 0. The molecule has 0 radical (unpaired) electrons. The molecule has 0 aliphatic heterocycles. The molecule has 0 bridgehead atoms. The van der Waals surface area contributed by atoms with Gasteiger partial charge in [-0.05, 0) is 44.9 Å². The van der Waals surface area contributed by atoms with Crippen LogP contribution < -0.4 is 10.5 Å². The number of methoxy groups -OCH3 is 1. The van der Waals surface area contributed by atoms with Crippen molar-refractivity contribution < 1.29 is 4.74 Å². The second-order valence-electron chi connectivity index (χ2n) is 5.56. The highest BCUT2D eigenvalue weighted by atomic mass is 16.5. The second-order valence-corrected chi connectivity index (χ2v) is 5.56. The van der Waals surface area contributed by atoms with Crippen molar-refractivity contribution in [2.45, 2.75) is 33.2 Å². The van der Waals surface area contributed by atoms with Crippen LogP contribution in [-0.2, 0) is 12.6 Å². The quantitative estimate of drug-likeness (QED) is 0.885. The van der Waals surface area contributed by atoms with Gasteiger partial charge >= 0.3 is 0 Å². The molecule has 0 unspecified atom stereocenters. The summed E-state index contributed by atoms with van der Waals surface area (Å²) in [4.78, 5) is 0. The van der Waals surface area contributed by atoms with Crippen molar-refractivity contribution in [1.82, 2.24) is 4.57 Å². The number of ether oxygens (including phenoxy) is 1. The molecule has 0 fully saturated rings. The number of benzene rings is 1. The Morgan fingerprint density at radius 3 is 2.33 bits per heavy atom. The van der Waals surface area contributed by atoms with Gasteiger partial charge in [-0.15, -0.1) is 0 Å². The third kappa shape index (κ3) is 1.70. The van der Waals surface area contributed by atoms with E-state index in [9.17, 15) is 0 Å². The largest absolute Gasteiger partial charge is 0.495 e. The summed E-state index contributed by atoms with van der Waals surface area (Å²) in [5.41, 5.74) is 10.7. The molecule has 18 heavy (non-hydrogen) atoms. The Labute approximate surface area is 109 Å². The Kier molecular flexibility index (Phi) is 2.90. The van der Waals surface area contributed by atoms with Crippen LogP contribution in [-0.4, -0.2) is 11.7 Å². The Morgan fingerprint density at radius 1 is 1.22 bits per heavy atom. The number of nitrogens with two attached hydrogens (primary N) is 1. The average molecular weight is 246 g/mol. The van der Waals surface area contributed by atoms with E-state index in [1.54, 1.807) is 7.11 Å². The smallest absolute Gasteiger partial charge is 0.143 e. The van der Waals surface area contributed by atoms with Crippen LogP contribution in [0.4, 0.5) is 0 Å². The summed E-state index contributed by atoms with van der Waals surface area (Å²) >= 11 is 0. The topological polar surface area (TPSA) is 40.2 Å². The minimum Gasteiger partial charge on any atom is -0.495 e. The summed E-state index contributed by atoms with van der Waals surface area (Å²) < 4.78 is 7.65. The first-order valence-electron chi connectivity index (χ1n) is 6.21. The minimum absolute atomic E-state index is 0.366. The van der Waals surface area contributed by atoms with E-state index in [1.165, 1.54) is 16.5 Å². The third-order valence-corrected chi connectivity index (χ3v) is 3.58. The van der Waals surface area contributed by atoms with E-state index in [0.717, 1.165) is 17.0 Å². The van der Waals surface area contributed by atoms with Crippen molar-refractivity contribution in [2.75, 3.05) is 7.11 Å². The highest BCUT2D eigenvalue weighted by molar-refractivity contribution is 5.93. The Balaban J connectivity index is 2.98. The molecule has 2 aromatic rings. The monoisotopic (exact) mass is 246 g/mol. The zero-order valence-electron chi connectivity index (χ0n) is 12.1. The van der Waals surface area contributed by atoms with Crippen molar-refractivity contribution in [3.63, 3.8) is 0 Å². The second kappa shape index (κ2) is 4.02. The zero-order valence-corrected chi connectivity index (χ0v) is 12.1. The molecule has 0 aliphatic carbocycles. The summed E-state index contributed by atoms with van der Waals surface area (Å²) in [5.74, 6) is 0.900. The van der Waals surface area contributed by atoms with Gasteiger partial charge in [0.2, 0.25) is 0 Å². The van der Waals surface area contributed by atoms with Gasteiger partial charge in [-0.25, -0.2) is 0 Å². The first-order valence-corrected chi connectivity index (χ1v) is 6.21. The lowest BCUT2D eigenvalue weighted by atomic mass is 9.96. The van der Waals surface area contributed by atoms with Crippen molar-refractivity contribution in [3.8, 4) is 5.75 Å². The first-order chi connectivity index (χ1) is 8.29. The van der Waals surface area contributed by atoms with Crippen LogP contribution in [0.15, 0.2) is 12.1 Å². The summed E-state index contributed by atoms with van der Waals surface area (Å²) in [5, 5.41) is 1.25. The molecule has 1 aromatic carbocycles. The number of hydrogen-bond acceptors (Lipinski definition) is 2. The molecular weight excluding hydrogens is 224 g/mol. The highest BCUT2D eigenvalue weighted by Crippen LogP contribution is 2.37. The van der Waals surface area contributed by atoms with Crippen LogP contribution in [0.2, 0.25) is 0 Å². The lowest BCUT2D eigenvalue weighted by Crippen LogP contribution is -2.31. The van der Waals surface area contributed by atoms with Gasteiger partial charge in [-0.1, -0.05) is 6.07 Å². The van der Waals surface area contributed by atoms with Gasteiger partial charge in [0.05, 0.1) is 18.2 Å². The molecule has 2 rings (SSSR count). The average Bonchev–Trinajstić information content (AvgIpc) is 2.52. The number of fused-ring (bicyclic) bond motifs is 1. The normalized spacial score (nSPS) is 12.2. The Hall–Kier alpha value is -1.48. The van der Waals surface area contributed by atoms with E-state index >= 15 is 0 Å². The van der Waals surface area contributed by atoms with Crippen LogP contribution in [0, 0.1) is 13.8 Å². The standard InChI is InChI=1S/C15H22N2O/c1-9-7-8-11(18-6)13-12(9)10(2)14(17(13)5)15(3,4)16/h7-8H,16H2,1-6H3. The number of nitrogens with zero attached hydrogens (tertiary/aromatic N) is 1. The molecule has 98 valence electrons. The summed E-state index contributed by atoms with van der Waals surface area (Å²) in [6, 6.07) is 4.12. The highest BCUT2D eigenvalue weighted by Gasteiger charge is 2.25. The van der Waals surface area contributed by atoms with Gasteiger partial charge in [-0.2, -0.15) is 0 Å².